The molecule has 4 heteroatoms. The summed E-state index contributed by atoms with van der Waals surface area (Å²) < 4.78 is 0. The Morgan fingerprint density at radius 1 is 1.45 bits per heavy atom. The van der Waals surface area contributed by atoms with Gasteiger partial charge in [-0.3, -0.25) is 14.6 Å². The fourth-order valence-electron chi connectivity index (χ4n) is 2.85. The molecule has 2 atom stereocenters. The molecule has 0 radical (unpaired) electrons. The zero-order chi connectivity index (χ0) is 14.8. The van der Waals surface area contributed by atoms with E-state index in [9.17, 15) is 9.59 Å². The van der Waals surface area contributed by atoms with E-state index in [0.717, 1.165) is 12.8 Å². The number of nitrogens with zero attached hydrogens (tertiary/aromatic N) is 2. The van der Waals surface area contributed by atoms with Crippen molar-refractivity contribution in [1.29, 1.82) is 0 Å². The standard InChI is InChI=1S/C16H22N2O2/c1-12-10-15(20)16(3,11-18(12)13(2)19)7-4-14-5-8-17-9-6-14/h5-6,8-9,12H,4,7,10-11H2,1-3H3. The van der Waals surface area contributed by atoms with Gasteiger partial charge in [0.05, 0.1) is 0 Å². The van der Waals surface area contributed by atoms with Crippen LogP contribution in [0.25, 0.3) is 0 Å². The molecule has 1 saturated heterocycles. The summed E-state index contributed by atoms with van der Waals surface area (Å²) in [6.45, 7) is 6.04. The molecule has 0 aliphatic carbocycles. The first-order chi connectivity index (χ1) is 9.42. The summed E-state index contributed by atoms with van der Waals surface area (Å²) in [5.41, 5.74) is 0.753. The van der Waals surface area contributed by atoms with Crippen LogP contribution in [0, 0.1) is 5.41 Å². The van der Waals surface area contributed by atoms with Gasteiger partial charge in [-0.05, 0) is 37.5 Å². The summed E-state index contributed by atoms with van der Waals surface area (Å²) in [7, 11) is 0. The van der Waals surface area contributed by atoms with Crippen LogP contribution in [0.3, 0.4) is 0 Å². The van der Waals surface area contributed by atoms with Crippen LogP contribution in [0.5, 0.6) is 0 Å². The van der Waals surface area contributed by atoms with Crippen molar-refractivity contribution in [2.75, 3.05) is 6.54 Å². The second-order valence-electron chi connectivity index (χ2n) is 6.04. The van der Waals surface area contributed by atoms with Gasteiger partial charge >= 0.3 is 0 Å². The van der Waals surface area contributed by atoms with Crippen LogP contribution < -0.4 is 0 Å². The maximum Gasteiger partial charge on any atom is 0.219 e. The number of aromatic nitrogens is 1. The third-order valence-corrected chi connectivity index (χ3v) is 4.32. The van der Waals surface area contributed by atoms with E-state index in [-0.39, 0.29) is 17.7 Å². The lowest BCUT2D eigenvalue weighted by Crippen LogP contribution is -2.53. The molecule has 4 nitrogen and oxygen atoms in total. The summed E-state index contributed by atoms with van der Waals surface area (Å²) in [5.74, 6) is 0.330. The lowest BCUT2D eigenvalue weighted by Gasteiger charge is -2.42. The Bertz CT molecular complexity index is 500. The number of hydrogen-bond acceptors (Lipinski definition) is 3. The van der Waals surface area contributed by atoms with E-state index in [1.807, 2.05) is 30.9 Å². The van der Waals surface area contributed by atoms with Gasteiger partial charge in [-0.1, -0.05) is 6.92 Å². The molecule has 0 saturated carbocycles. The first-order valence-corrected chi connectivity index (χ1v) is 7.12. The third-order valence-electron chi connectivity index (χ3n) is 4.32. The number of aryl methyl sites for hydroxylation is 1. The van der Waals surface area contributed by atoms with E-state index in [1.165, 1.54) is 5.56 Å². The summed E-state index contributed by atoms with van der Waals surface area (Å²) in [6, 6.07) is 3.97. The SMILES string of the molecule is CC(=O)N1CC(C)(CCc2ccncc2)C(=O)CC1C. The third kappa shape index (κ3) is 3.06. The zero-order valence-electron chi connectivity index (χ0n) is 12.4. The molecule has 2 rings (SSSR count). The van der Waals surface area contributed by atoms with Crippen LogP contribution in [0.2, 0.25) is 0 Å². The smallest absolute Gasteiger partial charge is 0.219 e. The summed E-state index contributed by atoms with van der Waals surface area (Å²) in [4.78, 5) is 29.9. The number of pyridine rings is 1. The van der Waals surface area contributed by atoms with Crippen molar-refractivity contribution >= 4 is 11.7 Å². The van der Waals surface area contributed by atoms with Crippen LogP contribution in [-0.2, 0) is 16.0 Å². The fourth-order valence-corrected chi connectivity index (χ4v) is 2.85. The van der Waals surface area contributed by atoms with Crippen molar-refractivity contribution < 1.29 is 9.59 Å². The normalized spacial score (nSPS) is 26.6. The van der Waals surface area contributed by atoms with E-state index in [0.29, 0.717) is 13.0 Å². The lowest BCUT2D eigenvalue weighted by molar-refractivity contribution is -0.144. The van der Waals surface area contributed by atoms with Gasteiger partial charge in [0.1, 0.15) is 5.78 Å². The van der Waals surface area contributed by atoms with E-state index in [4.69, 9.17) is 0 Å². The maximum atomic E-state index is 12.4. The number of rotatable bonds is 3. The Kier molecular flexibility index (Phi) is 4.21. The Labute approximate surface area is 120 Å². The average Bonchev–Trinajstić information content (AvgIpc) is 2.42. The van der Waals surface area contributed by atoms with E-state index < -0.39 is 5.41 Å². The van der Waals surface area contributed by atoms with Crippen molar-refractivity contribution in [1.82, 2.24) is 9.88 Å². The molecular formula is C16H22N2O2. The van der Waals surface area contributed by atoms with E-state index in [1.54, 1.807) is 19.3 Å². The minimum absolute atomic E-state index is 0.0222. The Hall–Kier alpha value is -1.71. The molecule has 0 aromatic carbocycles. The monoisotopic (exact) mass is 274 g/mol. The number of likely N-dealkylation sites (tertiary alicyclic amines) is 1. The highest BCUT2D eigenvalue weighted by molar-refractivity contribution is 5.88. The molecule has 108 valence electrons. The number of carbonyl (C=O) groups is 2. The number of piperidine rings is 1. The number of Topliss-reactive ketones (excluding diaryl/α,β-unsaturated/α-hetero) is 1. The average molecular weight is 274 g/mol. The van der Waals surface area contributed by atoms with Crippen molar-refractivity contribution in [3.8, 4) is 0 Å². The molecule has 1 aromatic heterocycles. The highest BCUT2D eigenvalue weighted by Gasteiger charge is 2.41. The van der Waals surface area contributed by atoms with Crippen LogP contribution in [-0.4, -0.2) is 34.2 Å². The van der Waals surface area contributed by atoms with Crippen LogP contribution in [0.1, 0.15) is 39.2 Å². The quantitative estimate of drug-likeness (QED) is 0.849. The molecule has 1 aliphatic rings. The number of ketones is 1. The Balaban J connectivity index is 2.07. The number of amides is 1. The summed E-state index contributed by atoms with van der Waals surface area (Å²) in [6.07, 6.45) is 5.61. The summed E-state index contributed by atoms with van der Waals surface area (Å²) >= 11 is 0. The van der Waals surface area contributed by atoms with Gasteiger partial charge in [-0.15, -0.1) is 0 Å². The molecular weight excluding hydrogens is 252 g/mol. The zero-order valence-corrected chi connectivity index (χ0v) is 12.4. The van der Waals surface area contributed by atoms with Gasteiger partial charge in [0.15, 0.2) is 0 Å². The molecule has 1 aliphatic heterocycles. The lowest BCUT2D eigenvalue weighted by atomic mass is 9.74. The van der Waals surface area contributed by atoms with Gasteiger partial charge in [0.25, 0.3) is 0 Å². The second-order valence-corrected chi connectivity index (χ2v) is 6.04. The van der Waals surface area contributed by atoms with Crippen LogP contribution in [0.15, 0.2) is 24.5 Å². The fraction of sp³-hybridized carbons (Fsp3) is 0.562. The van der Waals surface area contributed by atoms with E-state index in [2.05, 4.69) is 4.98 Å². The molecule has 1 amide bonds. The molecule has 1 fully saturated rings. The molecule has 0 spiro atoms. The van der Waals surface area contributed by atoms with Gasteiger partial charge in [0.2, 0.25) is 5.91 Å². The Morgan fingerprint density at radius 2 is 2.10 bits per heavy atom. The Morgan fingerprint density at radius 3 is 2.70 bits per heavy atom. The first-order valence-electron chi connectivity index (χ1n) is 7.12. The minimum Gasteiger partial charge on any atom is -0.339 e. The second kappa shape index (κ2) is 5.73. The molecule has 20 heavy (non-hydrogen) atoms. The van der Waals surface area contributed by atoms with Crippen molar-refractivity contribution in [2.24, 2.45) is 5.41 Å². The minimum atomic E-state index is -0.429. The van der Waals surface area contributed by atoms with Gasteiger partial charge < -0.3 is 4.90 Å². The highest BCUT2D eigenvalue weighted by atomic mass is 16.2. The highest BCUT2D eigenvalue weighted by Crippen LogP contribution is 2.33. The van der Waals surface area contributed by atoms with Crippen LogP contribution >= 0.6 is 0 Å². The molecule has 2 unspecified atom stereocenters. The number of hydrogen-bond donors (Lipinski definition) is 0. The van der Waals surface area contributed by atoms with Gasteiger partial charge in [0, 0.05) is 43.7 Å². The molecule has 0 bridgehead atoms. The predicted molar refractivity (Wildman–Crippen MR) is 77.1 cm³/mol. The van der Waals surface area contributed by atoms with Crippen molar-refractivity contribution in [3.63, 3.8) is 0 Å². The summed E-state index contributed by atoms with van der Waals surface area (Å²) in [5, 5.41) is 0. The van der Waals surface area contributed by atoms with Crippen LogP contribution in [0.4, 0.5) is 0 Å². The van der Waals surface area contributed by atoms with Gasteiger partial charge in [-0.25, -0.2) is 0 Å². The van der Waals surface area contributed by atoms with E-state index >= 15 is 0 Å². The first kappa shape index (κ1) is 14.7. The predicted octanol–water partition coefficient (Wildman–Crippen LogP) is 2.23. The number of carbonyl (C=O) groups excluding carboxylic acids is 2. The molecule has 2 heterocycles. The maximum absolute atomic E-state index is 12.4. The van der Waals surface area contributed by atoms with Gasteiger partial charge in [-0.2, -0.15) is 0 Å². The molecule has 0 N–H and O–H groups in total. The molecule has 1 aromatic rings. The van der Waals surface area contributed by atoms with Crippen molar-refractivity contribution in [3.05, 3.63) is 30.1 Å². The topological polar surface area (TPSA) is 50.3 Å². The van der Waals surface area contributed by atoms with Crippen molar-refractivity contribution in [2.45, 2.75) is 46.1 Å². The largest absolute Gasteiger partial charge is 0.339 e.